The molecule has 0 aromatic heterocycles. The molecule has 1 unspecified atom stereocenters. The average Bonchev–Trinajstić information content (AvgIpc) is 2.38. The maximum atomic E-state index is 11.8. The van der Waals surface area contributed by atoms with E-state index in [0.29, 0.717) is 12.0 Å². The molecule has 0 aliphatic rings. The fraction of sp³-hybridized carbons (Fsp3) is 0.562. The summed E-state index contributed by atoms with van der Waals surface area (Å²) in [7, 11) is 1.44. The smallest absolute Gasteiger partial charge is 0.314 e. The van der Waals surface area contributed by atoms with Gasteiger partial charge in [0.1, 0.15) is 0 Å². The Bertz CT molecular complexity index is 381. The lowest BCUT2D eigenvalue weighted by atomic mass is 9.92. The average molecular weight is 263 g/mol. The Morgan fingerprint density at radius 1 is 1.26 bits per heavy atom. The van der Waals surface area contributed by atoms with Crippen LogP contribution in [0.4, 0.5) is 0 Å². The molecular weight excluding hydrogens is 238 g/mol. The Hall–Kier alpha value is -1.35. The lowest BCUT2D eigenvalue weighted by molar-refractivity contribution is -0.142. The van der Waals surface area contributed by atoms with Crippen molar-refractivity contribution in [2.45, 2.75) is 33.1 Å². The van der Waals surface area contributed by atoms with Gasteiger partial charge in [-0.15, -0.1) is 0 Å². The van der Waals surface area contributed by atoms with Crippen LogP contribution in [0.5, 0.6) is 0 Å². The molecule has 0 fully saturated rings. The van der Waals surface area contributed by atoms with E-state index in [9.17, 15) is 4.79 Å². The number of esters is 1. The Balaban J connectivity index is 2.55. The molecule has 1 N–H and O–H groups in total. The Kier molecular flexibility index (Phi) is 6.03. The predicted octanol–water partition coefficient (Wildman–Crippen LogP) is 2.97. The van der Waals surface area contributed by atoms with Gasteiger partial charge >= 0.3 is 5.97 Å². The molecule has 1 aromatic carbocycles. The van der Waals surface area contributed by atoms with Crippen LogP contribution in [0.25, 0.3) is 0 Å². The third kappa shape index (κ3) is 5.88. The van der Waals surface area contributed by atoms with Gasteiger partial charge in [0.15, 0.2) is 0 Å². The van der Waals surface area contributed by atoms with Crippen molar-refractivity contribution >= 4 is 5.97 Å². The zero-order chi connectivity index (χ0) is 14.3. The first-order chi connectivity index (χ1) is 8.94. The minimum Gasteiger partial charge on any atom is -0.469 e. The number of carbonyl (C=O) groups is 1. The molecule has 0 radical (unpaired) electrons. The van der Waals surface area contributed by atoms with Gasteiger partial charge in [-0.3, -0.25) is 4.79 Å². The van der Waals surface area contributed by atoms with Crippen LogP contribution in [0.1, 0.15) is 38.7 Å². The monoisotopic (exact) mass is 263 g/mol. The van der Waals surface area contributed by atoms with Crippen molar-refractivity contribution in [2.24, 2.45) is 5.41 Å². The fourth-order valence-corrected chi connectivity index (χ4v) is 1.87. The number of carbonyl (C=O) groups excluding carboxylic acids is 1. The summed E-state index contributed by atoms with van der Waals surface area (Å²) in [6.45, 7) is 8.16. The number of ether oxygens (including phenoxy) is 1. The first kappa shape index (κ1) is 15.7. The topological polar surface area (TPSA) is 38.3 Å². The first-order valence-corrected chi connectivity index (χ1v) is 6.77. The van der Waals surface area contributed by atoms with Crippen molar-refractivity contribution in [3.05, 3.63) is 35.9 Å². The molecular formula is C16H25NO2. The summed E-state index contributed by atoms with van der Waals surface area (Å²) in [5.41, 5.74) is 1.30. The number of rotatable bonds is 6. The van der Waals surface area contributed by atoms with Gasteiger partial charge in [-0.05, 0) is 23.9 Å². The zero-order valence-electron chi connectivity index (χ0n) is 12.4. The summed E-state index contributed by atoms with van der Waals surface area (Å²) < 4.78 is 4.89. The van der Waals surface area contributed by atoms with E-state index in [4.69, 9.17) is 4.74 Å². The lowest BCUT2D eigenvalue weighted by Gasteiger charge is -2.20. The van der Waals surface area contributed by atoms with Crippen molar-refractivity contribution in [3.8, 4) is 0 Å². The quantitative estimate of drug-likeness (QED) is 0.633. The number of hydrogen-bond acceptors (Lipinski definition) is 3. The molecule has 1 rings (SSSR count). The molecule has 1 aromatic rings. The van der Waals surface area contributed by atoms with E-state index in [2.05, 4.69) is 26.1 Å². The molecule has 0 saturated carbocycles. The van der Waals surface area contributed by atoms with Gasteiger partial charge in [-0.2, -0.15) is 0 Å². The van der Waals surface area contributed by atoms with E-state index in [1.807, 2.05) is 30.3 Å². The Morgan fingerprint density at radius 3 is 2.42 bits per heavy atom. The zero-order valence-corrected chi connectivity index (χ0v) is 12.4. The van der Waals surface area contributed by atoms with Crippen LogP contribution >= 0.6 is 0 Å². The van der Waals surface area contributed by atoms with Gasteiger partial charge in [0.05, 0.1) is 13.0 Å². The van der Waals surface area contributed by atoms with Crippen LogP contribution < -0.4 is 5.32 Å². The second-order valence-corrected chi connectivity index (χ2v) is 6.00. The minimum absolute atomic E-state index is 0.186. The normalized spacial score (nSPS) is 13.1. The number of benzene rings is 1. The van der Waals surface area contributed by atoms with Gasteiger partial charge in [0.25, 0.3) is 0 Å². The molecule has 1 atom stereocenters. The van der Waals surface area contributed by atoms with E-state index in [0.717, 1.165) is 18.5 Å². The highest BCUT2D eigenvalue weighted by molar-refractivity contribution is 5.78. The van der Waals surface area contributed by atoms with E-state index in [1.165, 1.54) is 7.11 Å². The molecule has 0 aliphatic carbocycles. The molecule has 0 bridgehead atoms. The SMILES string of the molecule is COC(=O)C(CNCCC(C)(C)C)c1ccccc1. The van der Waals surface area contributed by atoms with Crippen LogP contribution in [0.15, 0.2) is 30.3 Å². The number of nitrogens with one attached hydrogen (secondary N) is 1. The largest absolute Gasteiger partial charge is 0.469 e. The maximum absolute atomic E-state index is 11.8. The molecule has 0 spiro atoms. The summed E-state index contributed by atoms with van der Waals surface area (Å²) >= 11 is 0. The third-order valence-corrected chi connectivity index (χ3v) is 3.09. The highest BCUT2D eigenvalue weighted by Gasteiger charge is 2.21. The highest BCUT2D eigenvalue weighted by atomic mass is 16.5. The fourth-order valence-electron chi connectivity index (χ4n) is 1.87. The van der Waals surface area contributed by atoms with E-state index in [1.54, 1.807) is 0 Å². The van der Waals surface area contributed by atoms with E-state index >= 15 is 0 Å². The van der Waals surface area contributed by atoms with Gasteiger partial charge in [-0.1, -0.05) is 51.1 Å². The summed E-state index contributed by atoms with van der Waals surface area (Å²) in [6, 6.07) is 9.77. The van der Waals surface area contributed by atoms with Crippen molar-refractivity contribution < 1.29 is 9.53 Å². The van der Waals surface area contributed by atoms with Crippen LogP contribution in [0.2, 0.25) is 0 Å². The molecule has 3 heteroatoms. The van der Waals surface area contributed by atoms with Crippen LogP contribution in [-0.2, 0) is 9.53 Å². The van der Waals surface area contributed by atoms with Crippen LogP contribution in [0, 0.1) is 5.41 Å². The molecule has 106 valence electrons. The van der Waals surface area contributed by atoms with Crippen LogP contribution in [-0.4, -0.2) is 26.2 Å². The lowest BCUT2D eigenvalue weighted by Crippen LogP contribution is -2.30. The predicted molar refractivity (Wildman–Crippen MR) is 78.1 cm³/mol. The van der Waals surface area contributed by atoms with Gasteiger partial charge in [-0.25, -0.2) is 0 Å². The highest BCUT2D eigenvalue weighted by Crippen LogP contribution is 2.18. The third-order valence-electron chi connectivity index (χ3n) is 3.09. The summed E-state index contributed by atoms with van der Waals surface area (Å²) in [5.74, 6) is -0.416. The first-order valence-electron chi connectivity index (χ1n) is 6.77. The van der Waals surface area contributed by atoms with Gasteiger partial charge in [0, 0.05) is 6.54 Å². The second kappa shape index (κ2) is 7.29. The van der Waals surface area contributed by atoms with E-state index < -0.39 is 0 Å². The molecule has 0 saturated heterocycles. The van der Waals surface area contributed by atoms with Gasteiger partial charge in [0.2, 0.25) is 0 Å². The van der Waals surface area contributed by atoms with Crippen molar-refractivity contribution in [2.75, 3.05) is 20.2 Å². The minimum atomic E-state index is -0.230. The molecule has 19 heavy (non-hydrogen) atoms. The van der Waals surface area contributed by atoms with Gasteiger partial charge < -0.3 is 10.1 Å². The Labute approximate surface area is 116 Å². The number of hydrogen-bond donors (Lipinski definition) is 1. The molecule has 0 aliphatic heterocycles. The summed E-state index contributed by atoms with van der Waals surface area (Å²) in [4.78, 5) is 11.8. The van der Waals surface area contributed by atoms with Crippen molar-refractivity contribution in [1.29, 1.82) is 0 Å². The van der Waals surface area contributed by atoms with Crippen molar-refractivity contribution in [1.82, 2.24) is 5.32 Å². The maximum Gasteiger partial charge on any atom is 0.314 e. The van der Waals surface area contributed by atoms with Crippen molar-refractivity contribution in [3.63, 3.8) is 0 Å². The molecule has 0 amide bonds. The standard InChI is InChI=1S/C16H25NO2/c1-16(2,3)10-11-17-12-14(15(18)19-4)13-8-6-5-7-9-13/h5-9,14,17H,10-12H2,1-4H3. The molecule has 3 nitrogen and oxygen atoms in total. The Morgan fingerprint density at radius 2 is 1.89 bits per heavy atom. The molecule has 0 heterocycles. The second-order valence-electron chi connectivity index (χ2n) is 6.00. The number of methoxy groups -OCH3 is 1. The van der Waals surface area contributed by atoms with E-state index in [-0.39, 0.29) is 11.9 Å². The summed E-state index contributed by atoms with van der Waals surface area (Å²) in [5, 5.41) is 3.35. The van der Waals surface area contributed by atoms with Crippen LogP contribution in [0.3, 0.4) is 0 Å². The summed E-state index contributed by atoms with van der Waals surface area (Å²) in [6.07, 6.45) is 1.08.